The topological polar surface area (TPSA) is 92.5 Å². The first-order chi connectivity index (χ1) is 12.2. The van der Waals surface area contributed by atoms with Gasteiger partial charge < -0.3 is 10.0 Å². The lowest BCUT2D eigenvalue weighted by Gasteiger charge is -2.23. The van der Waals surface area contributed by atoms with Gasteiger partial charge in [0.25, 0.3) is 11.5 Å². The number of amides is 1. The van der Waals surface area contributed by atoms with E-state index in [-0.39, 0.29) is 23.1 Å². The van der Waals surface area contributed by atoms with Gasteiger partial charge in [-0.05, 0) is 17.9 Å². The van der Waals surface area contributed by atoms with Crippen molar-refractivity contribution in [2.75, 3.05) is 13.1 Å². The fourth-order valence-corrected chi connectivity index (χ4v) is 2.84. The Morgan fingerprint density at radius 2 is 1.73 bits per heavy atom. The van der Waals surface area contributed by atoms with Crippen LogP contribution in [0.2, 0.25) is 0 Å². The molecule has 0 atom stereocenters. The second-order valence-electron chi connectivity index (χ2n) is 7.25. The van der Waals surface area contributed by atoms with Gasteiger partial charge in [-0.1, -0.05) is 45.9 Å². The molecule has 0 radical (unpaired) electrons. The van der Waals surface area contributed by atoms with Crippen molar-refractivity contribution in [1.82, 2.24) is 14.7 Å². The van der Waals surface area contributed by atoms with Crippen LogP contribution >= 0.6 is 0 Å². The lowest BCUT2D eigenvalue weighted by Crippen LogP contribution is -2.40. The highest BCUT2D eigenvalue weighted by atomic mass is 16.4. The molecule has 0 aliphatic rings. The van der Waals surface area contributed by atoms with Crippen molar-refractivity contribution < 1.29 is 14.7 Å². The second-order valence-corrected chi connectivity index (χ2v) is 7.25. The summed E-state index contributed by atoms with van der Waals surface area (Å²) in [6.07, 6.45) is 0. The summed E-state index contributed by atoms with van der Waals surface area (Å²) in [6, 6.07) is 6.81. The Hall–Kier alpha value is -2.70. The van der Waals surface area contributed by atoms with Crippen molar-refractivity contribution in [2.45, 2.75) is 34.2 Å². The van der Waals surface area contributed by atoms with E-state index in [0.29, 0.717) is 23.9 Å². The van der Waals surface area contributed by atoms with E-state index in [1.165, 1.54) is 9.58 Å². The molecular formula is C19H25N3O4. The third-order valence-corrected chi connectivity index (χ3v) is 3.81. The first-order valence-corrected chi connectivity index (χ1v) is 8.71. The largest absolute Gasteiger partial charge is 0.480 e. The molecule has 7 nitrogen and oxygen atoms in total. The molecule has 140 valence electrons. The maximum atomic E-state index is 13.1. The SMILES string of the molecule is CC(C)CN(CC(=O)O)C(=O)c1nn(CC(C)C)c(=O)c2ccccc12. The maximum Gasteiger partial charge on any atom is 0.323 e. The number of carboxylic acids is 1. The van der Waals surface area contributed by atoms with E-state index in [9.17, 15) is 14.4 Å². The van der Waals surface area contributed by atoms with E-state index in [4.69, 9.17) is 5.11 Å². The molecule has 26 heavy (non-hydrogen) atoms. The van der Waals surface area contributed by atoms with Crippen LogP contribution in [0.25, 0.3) is 10.8 Å². The van der Waals surface area contributed by atoms with Crippen LogP contribution in [0.4, 0.5) is 0 Å². The minimum Gasteiger partial charge on any atom is -0.480 e. The van der Waals surface area contributed by atoms with Gasteiger partial charge in [0, 0.05) is 18.5 Å². The van der Waals surface area contributed by atoms with Crippen LogP contribution in [0.15, 0.2) is 29.1 Å². The third kappa shape index (κ3) is 4.47. The number of aliphatic carboxylic acids is 1. The van der Waals surface area contributed by atoms with E-state index in [1.807, 2.05) is 27.7 Å². The molecule has 0 saturated carbocycles. The molecule has 2 rings (SSSR count). The van der Waals surface area contributed by atoms with Crippen molar-refractivity contribution in [3.63, 3.8) is 0 Å². The molecule has 1 amide bonds. The fourth-order valence-electron chi connectivity index (χ4n) is 2.84. The van der Waals surface area contributed by atoms with Crippen LogP contribution in [-0.2, 0) is 11.3 Å². The molecule has 1 aromatic heterocycles. The standard InChI is InChI=1S/C19H25N3O4/c1-12(2)9-21(11-16(23)24)19(26)17-14-7-5-6-8-15(14)18(25)22(20-17)10-13(3)4/h5-8,12-13H,9-11H2,1-4H3,(H,23,24). The molecule has 1 aromatic carbocycles. The van der Waals surface area contributed by atoms with Gasteiger partial charge in [0.15, 0.2) is 5.69 Å². The van der Waals surface area contributed by atoms with E-state index in [0.717, 1.165) is 0 Å². The number of rotatable bonds is 7. The monoisotopic (exact) mass is 359 g/mol. The summed E-state index contributed by atoms with van der Waals surface area (Å²) in [5.74, 6) is -1.28. The van der Waals surface area contributed by atoms with Gasteiger partial charge in [0.1, 0.15) is 6.54 Å². The van der Waals surface area contributed by atoms with Crippen LogP contribution in [0, 0.1) is 11.8 Å². The van der Waals surface area contributed by atoms with E-state index >= 15 is 0 Å². The number of carboxylic acid groups (broad SMARTS) is 1. The molecule has 7 heteroatoms. The molecule has 0 spiro atoms. The quantitative estimate of drug-likeness (QED) is 0.818. The van der Waals surface area contributed by atoms with E-state index in [2.05, 4.69) is 5.10 Å². The Labute approximate surface area is 152 Å². The molecule has 0 aliphatic heterocycles. The van der Waals surface area contributed by atoms with Gasteiger partial charge in [-0.3, -0.25) is 14.4 Å². The minimum atomic E-state index is -1.08. The summed E-state index contributed by atoms with van der Waals surface area (Å²) in [5, 5.41) is 14.3. The number of hydrogen-bond acceptors (Lipinski definition) is 4. The molecule has 0 bridgehead atoms. The Morgan fingerprint density at radius 3 is 2.27 bits per heavy atom. The molecule has 1 heterocycles. The van der Waals surface area contributed by atoms with Crippen LogP contribution < -0.4 is 5.56 Å². The molecule has 1 N–H and O–H groups in total. The second kappa shape index (κ2) is 8.12. The zero-order valence-corrected chi connectivity index (χ0v) is 15.6. The molecule has 0 aliphatic carbocycles. The number of benzene rings is 1. The smallest absolute Gasteiger partial charge is 0.323 e. The molecule has 2 aromatic rings. The van der Waals surface area contributed by atoms with Gasteiger partial charge in [-0.25, -0.2) is 4.68 Å². The lowest BCUT2D eigenvalue weighted by atomic mass is 10.1. The van der Waals surface area contributed by atoms with Gasteiger partial charge >= 0.3 is 5.97 Å². The number of nitrogens with zero attached hydrogens (tertiary/aromatic N) is 3. The molecule has 0 fully saturated rings. The fraction of sp³-hybridized carbons (Fsp3) is 0.474. The molecule has 0 saturated heterocycles. The summed E-state index contributed by atoms with van der Waals surface area (Å²) in [5.41, 5.74) is -0.137. The van der Waals surface area contributed by atoms with Crippen LogP contribution in [-0.4, -0.2) is 44.8 Å². The maximum absolute atomic E-state index is 13.1. The number of carbonyl (C=O) groups excluding carboxylic acids is 1. The van der Waals surface area contributed by atoms with E-state index in [1.54, 1.807) is 24.3 Å². The molecular weight excluding hydrogens is 334 g/mol. The summed E-state index contributed by atoms with van der Waals surface area (Å²) in [4.78, 5) is 38.2. The van der Waals surface area contributed by atoms with Crippen LogP contribution in [0.5, 0.6) is 0 Å². The van der Waals surface area contributed by atoms with Gasteiger partial charge in [0.05, 0.1) is 5.39 Å². The number of aromatic nitrogens is 2. The highest BCUT2D eigenvalue weighted by Crippen LogP contribution is 2.16. The third-order valence-electron chi connectivity index (χ3n) is 3.81. The number of carbonyl (C=O) groups is 2. The van der Waals surface area contributed by atoms with Gasteiger partial charge in [0.2, 0.25) is 0 Å². The first-order valence-electron chi connectivity index (χ1n) is 8.71. The van der Waals surface area contributed by atoms with Crippen LogP contribution in [0.3, 0.4) is 0 Å². The zero-order chi connectivity index (χ0) is 19.4. The number of fused-ring (bicyclic) bond motifs is 1. The van der Waals surface area contributed by atoms with Crippen molar-refractivity contribution in [3.05, 3.63) is 40.3 Å². The van der Waals surface area contributed by atoms with Gasteiger partial charge in [-0.15, -0.1) is 0 Å². The summed E-state index contributed by atoms with van der Waals surface area (Å²) in [7, 11) is 0. The van der Waals surface area contributed by atoms with Crippen LogP contribution in [0.1, 0.15) is 38.2 Å². The average Bonchev–Trinajstić information content (AvgIpc) is 2.55. The summed E-state index contributed by atoms with van der Waals surface area (Å²) >= 11 is 0. The predicted octanol–water partition coefficient (Wildman–Crippen LogP) is 2.24. The highest BCUT2D eigenvalue weighted by molar-refractivity contribution is 6.05. The Bertz CT molecular complexity index is 871. The zero-order valence-electron chi connectivity index (χ0n) is 15.6. The Morgan fingerprint density at radius 1 is 1.12 bits per heavy atom. The Kier molecular flexibility index (Phi) is 6.13. The predicted molar refractivity (Wildman–Crippen MR) is 99.2 cm³/mol. The van der Waals surface area contributed by atoms with Crippen molar-refractivity contribution in [3.8, 4) is 0 Å². The molecule has 0 unspecified atom stereocenters. The lowest BCUT2D eigenvalue weighted by molar-refractivity contribution is -0.137. The average molecular weight is 359 g/mol. The number of hydrogen-bond donors (Lipinski definition) is 1. The van der Waals surface area contributed by atoms with Gasteiger partial charge in [-0.2, -0.15) is 5.10 Å². The first kappa shape index (κ1) is 19.6. The summed E-state index contributed by atoms with van der Waals surface area (Å²) < 4.78 is 1.30. The Balaban J connectivity index is 2.62. The van der Waals surface area contributed by atoms with Crippen molar-refractivity contribution in [2.24, 2.45) is 11.8 Å². The minimum absolute atomic E-state index is 0.103. The van der Waals surface area contributed by atoms with Crippen molar-refractivity contribution >= 4 is 22.6 Å². The summed E-state index contributed by atoms with van der Waals surface area (Å²) in [6.45, 7) is 8.01. The highest BCUT2D eigenvalue weighted by Gasteiger charge is 2.24. The normalized spacial score (nSPS) is 11.3. The van der Waals surface area contributed by atoms with E-state index < -0.39 is 18.4 Å². The van der Waals surface area contributed by atoms with Crippen molar-refractivity contribution in [1.29, 1.82) is 0 Å².